The Bertz CT molecular complexity index is 1240. The Morgan fingerprint density at radius 2 is 1.76 bits per heavy atom. The van der Waals surface area contributed by atoms with E-state index in [9.17, 15) is 22.8 Å². The topological polar surface area (TPSA) is 105 Å². The zero-order valence-corrected chi connectivity index (χ0v) is 20.4. The zero-order chi connectivity index (χ0) is 26.6. The first-order valence-corrected chi connectivity index (χ1v) is 11.7. The number of carbonyl (C=O) groups excluding carboxylic acids is 2. The number of nitrogens with one attached hydrogen (secondary N) is 2. The van der Waals surface area contributed by atoms with Crippen molar-refractivity contribution in [3.8, 4) is 5.75 Å². The number of hydrogen-bond donors (Lipinski definition) is 2. The molecule has 2 aromatic heterocycles. The molecule has 0 saturated carbocycles. The summed E-state index contributed by atoms with van der Waals surface area (Å²) >= 11 is 5.90. The van der Waals surface area contributed by atoms with Crippen LogP contribution in [-0.2, 0) is 6.54 Å². The number of aromatic nitrogens is 3. The van der Waals surface area contributed by atoms with Gasteiger partial charge in [0, 0.05) is 50.8 Å². The smallest absolute Gasteiger partial charge is 0.406 e. The Morgan fingerprint density at radius 3 is 2.35 bits per heavy atom. The molecule has 37 heavy (non-hydrogen) atoms. The van der Waals surface area contributed by atoms with Crippen molar-refractivity contribution in [2.24, 2.45) is 0 Å². The SMILES string of the molecule is CCn1cc(NC(=O)Nc2ccc(OC(F)(F)F)cc2)nc1C(=O)N1CCN(c2ccc(Cl)cn2)CC1. The molecule has 2 N–H and O–H groups in total. The third-order valence-electron chi connectivity index (χ3n) is 5.50. The Kier molecular flexibility index (Phi) is 7.71. The Labute approximate surface area is 215 Å². The van der Waals surface area contributed by atoms with Gasteiger partial charge < -0.3 is 24.4 Å². The number of alkyl halides is 3. The molecule has 0 bridgehead atoms. The van der Waals surface area contributed by atoms with E-state index in [4.69, 9.17) is 11.6 Å². The molecule has 1 fully saturated rings. The van der Waals surface area contributed by atoms with E-state index < -0.39 is 18.1 Å². The molecule has 1 aromatic carbocycles. The number of carbonyl (C=O) groups is 2. The molecule has 14 heteroatoms. The van der Waals surface area contributed by atoms with Gasteiger partial charge in [0.2, 0.25) is 5.82 Å². The van der Waals surface area contributed by atoms with Crippen molar-refractivity contribution in [2.45, 2.75) is 19.8 Å². The van der Waals surface area contributed by atoms with Crippen molar-refractivity contribution in [1.82, 2.24) is 19.4 Å². The molecule has 3 aromatic rings. The number of ether oxygens (including phenoxy) is 1. The van der Waals surface area contributed by atoms with Gasteiger partial charge in [-0.2, -0.15) is 0 Å². The number of rotatable bonds is 6. The van der Waals surface area contributed by atoms with Gasteiger partial charge in [-0.3, -0.25) is 10.1 Å². The third-order valence-corrected chi connectivity index (χ3v) is 5.72. The fourth-order valence-corrected chi connectivity index (χ4v) is 3.85. The summed E-state index contributed by atoms with van der Waals surface area (Å²) < 4.78 is 42.3. The molecule has 10 nitrogen and oxygen atoms in total. The number of urea groups is 1. The number of piperazine rings is 1. The van der Waals surface area contributed by atoms with Crippen LogP contribution in [0.25, 0.3) is 0 Å². The second-order valence-electron chi connectivity index (χ2n) is 8.00. The predicted octanol–water partition coefficient (Wildman–Crippen LogP) is 4.46. The van der Waals surface area contributed by atoms with Gasteiger partial charge in [0.05, 0.1) is 5.02 Å². The van der Waals surface area contributed by atoms with Crippen molar-refractivity contribution in [3.63, 3.8) is 0 Å². The third kappa shape index (κ3) is 6.82. The normalized spacial score (nSPS) is 13.9. The lowest BCUT2D eigenvalue weighted by atomic mass is 10.3. The van der Waals surface area contributed by atoms with Crippen LogP contribution in [0, 0.1) is 0 Å². The van der Waals surface area contributed by atoms with Crippen molar-refractivity contribution >= 4 is 40.9 Å². The minimum Gasteiger partial charge on any atom is -0.406 e. The largest absolute Gasteiger partial charge is 0.573 e. The molecule has 1 aliphatic rings. The molecule has 0 aliphatic carbocycles. The maximum atomic E-state index is 13.2. The van der Waals surface area contributed by atoms with Gasteiger partial charge in [0.25, 0.3) is 5.91 Å². The monoisotopic (exact) mass is 537 g/mol. The van der Waals surface area contributed by atoms with Crippen LogP contribution in [0.1, 0.15) is 17.5 Å². The fraction of sp³-hybridized carbons (Fsp3) is 0.304. The van der Waals surface area contributed by atoms with E-state index >= 15 is 0 Å². The van der Waals surface area contributed by atoms with Crippen molar-refractivity contribution in [2.75, 3.05) is 41.7 Å². The summed E-state index contributed by atoms with van der Waals surface area (Å²) in [4.78, 5) is 37.9. The molecule has 3 heterocycles. The maximum absolute atomic E-state index is 13.2. The highest BCUT2D eigenvalue weighted by molar-refractivity contribution is 6.30. The number of hydrogen-bond acceptors (Lipinski definition) is 6. The van der Waals surface area contributed by atoms with Crippen LogP contribution in [0.3, 0.4) is 0 Å². The molecule has 0 spiro atoms. The molecular formula is C23H23ClF3N7O3. The summed E-state index contributed by atoms with van der Waals surface area (Å²) in [5, 5.41) is 5.58. The molecule has 0 atom stereocenters. The summed E-state index contributed by atoms with van der Waals surface area (Å²) in [6.45, 7) is 4.42. The highest BCUT2D eigenvalue weighted by Gasteiger charge is 2.31. The second kappa shape index (κ2) is 10.9. The van der Waals surface area contributed by atoms with Crippen molar-refractivity contribution in [1.29, 1.82) is 0 Å². The van der Waals surface area contributed by atoms with Gasteiger partial charge in [-0.05, 0) is 43.3 Å². The van der Waals surface area contributed by atoms with Crippen LogP contribution in [-0.4, -0.2) is 63.9 Å². The lowest BCUT2D eigenvalue weighted by Gasteiger charge is -2.35. The summed E-state index contributed by atoms with van der Waals surface area (Å²) in [7, 11) is 0. The molecule has 1 aliphatic heterocycles. The predicted molar refractivity (Wildman–Crippen MR) is 131 cm³/mol. The van der Waals surface area contributed by atoms with Crippen LogP contribution < -0.4 is 20.3 Å². The number of anilines is 3. The second-order valence-corrected chi connectivity index (χ2v) is 8.44. The lowest BCUT2D eigenvalue weighted by Crippen LogP contribution is -2.49. The number of pyridine rings is 1. The highest BCUT2D eigenvalue weighted by atomic mass is 35.5. The summed E-state index contributed by atoms with van der Waals surface area (Å²) in [6.07, 6.45) is -1.68. The van der Waals surface area contributed by atoms with Crippen LogP contribution in [0.15, 0.2) is 48.8 Å². The van der Waals surface area contributed by atoms with E-state index in [1.807, 2.05) is 13.0 Å². The van der Waals surface area contributed by atoms with E-state index in [0.29, 0.717) is 37.7 Å². The number of halogens is 4. The van der Waals surface area contributed by atoms with Gasteiger partial charge in [-0.1, -0.05) is 11.6 Å². The van der Waals surface area contributed by atoms with E-state index in [0.717, 1.165) is 18.0 Å². The van der Waals surface area contributed by atoms with E-state index in [2.05, 4.69) is 30.2 Å². The molecule has 4 rings (SSSR count). The molecule has 0 radical (unpaired) electrons. The summed E-state index contributed by atoms with van der Waals surface area (Å²) in [6, 6.07) is 7.61. The first kappa shape index (κ1) is 26.1. The Balaban J connectivity index is 1.35. The average molecular weight is 538 g/mol. The summed E-state index contributed by atoms with van der Waals surface area (Å²) in [5.41, 5.74) is 0.242. The number of amides is 3. The summed E-state index contributed by atoms with van der Waals surface area (Å²) in [5.74, 6) is 0.452. The lowest BCUT2D eigenvalue weighted by molar-refractivity contribution is -0.274. The number of nitrogens with zero attached hydrogens (tertiary/aromatic N) is 5. The van der Waals surface area contributed by atoms with Crippen molar-refractivity contribution in [3.05, 3.63) is 59.6 Å². The zero-order valence-electron chi connectivity index (χ0n) is 19.6. The van der Waals surface area contributed by atoms with E-state index in [-0.39, 0.29) is 23.2 Å². The van der Waals surface area contributed by atoms with E-state index in [1.54, 1.807) is 27.9 Å². The highest BCUT2D eigenvalue weighted by Crippen LogP contribution is 2.24. The standard InChI is InChI=1S/C23H23ClF3N7O3/c1-2-32-14-18(31-22(36)29-16-4-6-17(7-5-16)37-23(25,26)27)30-20(32)21(35)34-11-9-33(10-12-34)19-8-3-15(24)13-28-19/h3-8,13-14H,2,9-12H2,1H3,(H2,29,31,36). The van der Waals surface area contributed by atoms with Crippen LogP contribution in [0.2, 0.25) is 5.02 Å². The quantitative estimate of drug-likeness (QED) is 0.481. The van der Waals surface area contributed by atoms with Gasteiger partial charge in [-0.25, -0.2) is 14.8 Å². The maximum Gasteiger partial charge on any atom is 0.573 e. The Morgan fingerprint density at radius 1 is 1.05 bits per heavy atom. The minimum atomic E-state index is -4.80. The van der Waals surface area contributed by atoms with Gasteiger partial charge in [-0.15, -0.1) is 13.2 Å². The van der Waals surface area contributed by atoms with Crippen LogP contribution in [0.4, 0.5) is 35.3 Å². The van der Waals surface area contributed by atoms with Crippen molar-refractivity contribution < 1.29 is 27.5 Å². The minimum absolute atomic E-state index is 0.156. The van der Waals surface area contributed by atoms with Gasteiger partial charge in [0.1, 0.15) is 11.6 Å². The first-order chi connectivity index (χ1) is 17.6. The van der Waals surface area contributed by atoms with Crippen LogP contribution >= 0.6 is 11.6 Å². The Hall–Kier alpha value is -4.00. The molecule has 0 unspecified atom stereocenters. The number of benzene rings is 1. The van der Waals surface area contributed by atoms with Gasteiger partial charge in [0.15, 0.2) is 5.82 Å². The molecule has 196 valence electrons. The molecule has 1 saturated heterocycles. The van der Waals surface area contributed by atoms with E-state index in [1.165, 1.54) is 12.1 Å². The first-order valence-electron chi connectivity index (χ1n) is 11.3. The number of aryl methyl sites for hydroxylation is 1. The molecule has 3 amide bonds. The molecular weight excluding hydrogens is 515 g/mol. The van der Waals surface area contributed by atoms with Gasteiger partial charge >= 0.3 is 12.4 Å². The fourth-order valence-electron chi connectivity index (χ4n) is 3.74. The van der Waals surface area contributed by atoms with Crippen LogP contribution in [0.5, 0.6) is 5.75 Å². The number of imidazole rings is 1. The average Bonchev–Trinajstić information content (AvgIpc) is 3.27.